The minimum Gasteiger partial charge on any atom is -0.383 e. The highest BCUT2D eigenvalue weighted by Gasteiger charge is 2.51. The SMILES string of the molecule is CC(C)(C)CC(O)C(=O)N1C[C@@H]2CCC[C@@H]2[C@H]1C(=O)NC(C[C@@H]1CCNC1=O)C(=O)COC(F)(F)F. The highest BCUT2D eigenvalue weighted by molar-refractivity contribution is 5.95. The number of halogens is 3. The Labute approximate surface area is 208 Å². The largest absolute Gasteiger partial charge is 0.522 e. The van der Waals surface area contributed by atoms with Crippen LogP contribution in [0.15, 0.2) is 0 Å². The molecule has 0 spiro atoms. The Morgan fingerprint density at radius 3 is 2.47 bits per heavy atom. The second kappa shape index (κ2) is 11.0. The maximum absolute atomic E-state index is 13.5. The molecule has 1 saturated carbocycles. The fourth-order valence-corrected chi connectivity index (χ4v) is 5.66. The first-order valence-electron chi connectivity index (χ1n) is 12.5. The lowest BCUT2D eigenvalue weighted by atomic mass is 9.88. The molecule has 3 amide bonds. The molecule has 0 bridgehead atoms. The van der Waals surface area contributed by atoms with E-state index in [1.54, 1.807) is 0 Å². The summed E-state index contributed by atoms with van der Waals surface area (Å²) >= 11 is 0. The number of ketones is 1. The van der Waals surface area contributed by atoms with Gasteiger partial charge in [-0.25, -0.2) is 0 Å². The molecule has 9 nitrogen and oxygen atoms in total. The predicted molar refractivity (Wildman–Crippen MR) is 121 cm³/mol. The second-order valence-corrected chi connectivity index (χ2v) is 11.3. The number of Topliss-reactive ketones (excluding diaryl/α,β-unsaturated/α-hetero) is 1. The molecule has 6 atom stereocenters. The van der Waals surface area contributed by atoms with E-state index in [-0.39, 0.29) is 36.0 Å². The number of ether oxygens (including phenoxy) is 1. The van der Waals surface area contributed by atoms with E-state index in [2.05, 4.69) is 15.4 Å². The summed E-state index contributed by atoms with van der Waals surface area (Å²) in [5.41, 5.74) is -0.333. The monoisotopic (exact) mass is 519 g/mol. The summed E-state index contributed by atoms with van der Waals surface area (Å²) in [6.45, 7) is 5.01. The molecule has 0 aromatic rings. The van der Waals surface area contributed by atoms with Crippen LogP contribution in [0.1, 0.15) is 59.3 Å². The Balaban J connectivity index is 1.78. The fourth-order valence-electron chi connectivity index (χ4n) is 5.66. The number of carbonyl (C=O) groups excluding carboxylic acids is 4. The minimum absolute atomic E-state index is 0.0647. The van der Waals surface area contributed by atoms with Gasteiger partial charge in [0, 0.05) is 19.0 Å². The van der Waals surface area contributed by atoms with E-state index < -0.39 is 54.7 Å². The molecule has 12 heteroatoms. The zero-order valence-electron chi connectivity index (χ0n) is 20.9. The van der Waals surface area contributed by atoms with Gasteiger partial charge in [-0.15, -0.1) is 13.2 Å². The van der Waals surface area contributed by atoms with Gasteiger partial charge in [0.15, 0.2) is 5.78 Å². The number of nitrogens with one attached hydrogen (secondary N) is 2. The van der Waals surface area contributed by atoms with Crippen LogP contribution in [0.5, 0.6) is 0 Å². The lowest BCUT2D eigenvalue weighted by Crippen LogP contribution is -2.55. The Kier molecular flexibility index (Phi) is 8.70. The maximum Gasteiger partial charge on any atom is 0.522 e. The zero-order chi connectivity index (χ0) is 26.8. The van der Waals surface area contributed by atoms with Crippen molar-refractivity contribution in [2.45, 2.75) is 83.8 Å². The van der Waals surface area contributed by atoms with Crippen molar-refractivity contribution in [1.82, 2.24) is 15.5 Å². The average Bonchev–Trinajstić information content (AvgIpc) is 3.45. The number of alkyl halides is 3. The summed E-state index contributed by atoms with van der Waals surface area (Å²) in [6.07, 6.45) is -3.55. The first kappa shape index (κ1) is 28.4. The molecule has 3 fully saturated rings. The summed E-state index contributed by atoms with van der Waals surface area (Å²) in [5, 5.41) is 15.7. The standard InChI is InChI=1S/C24H36F3N3O6/c1-23(2,3)10-17(31)22(35)30-11-14-5-4-6-15(14)19(30)21(34)29-16(9-13-7-8-28-20(13)33)18(32)12-36-24(25,26)27/h13-17,19,31H,4-12H2,1-3H3,(H,28,33)(H,29,34)/t13-,14-,15-,16?,17?,19-/m0/s1. The molecular formula is C24H36F3N3O6. The van der Waals surface area contributed by atoms with E-state index in [9.17, 15) is 37.5 Å². The molecule has 3 aliphatic rings. The first-order chi connectivity index (χ1) is 16.7. The number of likely N-dealkylation sites (tertiary alicyclic amines) is 1. The van der Waals surface area contributed by atoms with Crippen LogP contribution in [0, 0.1) is 23.2 Å². The van der Waals surface area contributed by atoms with Crippen LogP contribution >= 0.6 is 0 Å². The van der Waals surface area contributed by atoms with Crippen LogP contribution in [0.3, 0.4) is 0 Å². The van der Waals surface area contributed by atoms with Crippen molar-refractivity contribution >= 4 is 23.5 Å². The maximum atomic E-state index is 13.5. The number of hydrogen-bond acceptors (Lipinski definition) is 6. The van der Waals surface area contributed by atoms with Gasteiger partial charge in [-0.3, -0.25) is 23.9 Å². The second-order valence-electron chi connectivity index (χ2n) is 11.3. The number of nitrogens with zero attached hydrogens (tertiary/aromatic N) is 1. The quantitative estimate of drug-likeness (QED) is 0.424. The van der Waals surface area contributed by atoms with Crippen LogP contribution in [-0.2, 0) is 23.9 Å². The zero-order valence-corrected chi connectivity index (χ0v) is 20.9. The van der Waals surface area contributed by atoms with Gasteiger partial charge in [-0.05, 0) is 49.4 Å². The van der Waals surface area contributed by atoms with Gasteiger partial charge in [-0.2, -0.15) is 0 Å². The smallest absolute Gasteiger partial charge is 0.383 e. The summed E-state index contributed by atoms with van der Waals surface area (Å²) in [7, 11) is 0. The molecule has 1 aliphatic carbocycles. The van der Waals surface area contributed by atoms with E-state index in [4.69, 9.17) is 0 Å². The molecule has 2 unspecified atom stereocenters. The predicted octanol–water partition coefficient (Wildman–Crippen LogP) is 1.53. The van der Waals surface area contributed by atoms with Gasteiger partial charge >= 0.3 is 6.36 Å². The van der Waals surface area contributed by atoms with Crippen molar-refractivity contribution in [2.75, 3.05) is 19.7 Å². The molecule has 2 heterocycles. The summed E-state index contributed by atoms with van der Waals surface area (Å²) in [6, 6.07) is -2.33. The molecule has 204 valence electrons. The van der Waals surface area contributed by atoms with Gasteiger partial charge in [0.25, 0.3) is 5.91 Å². The molecular weight excluding hydrogens is 483 g/mol. The minimum atomic E-state index is -5.02. The molecule has 0 aromatic heterocycles. The first-order valence-corrected chi connectivity index (χ1v) is 12.5. The van der Waals surface area contributed by atoms with Crippen LogP contribution < -0.4 is 10.6 Å². The van der Waals surface area contributed by atoms with Crippen LogP contribution in [0.4, 0.5) is 13.2 Å². The van der Waals surface area contributed by atoms with Gasteiger partial charge in [0.05, 0.1) is 6.04 Å². The highest BCUT2D eigenvalue weighted by atomic mass is 19.4. The number of carbonyl (C=O) groups is 4. The molecule has 3 rings (SSSR count). The highest BCUT2D eigenvalue weighted by Crippen LogP contribution is 2.43. The number of hydrogen-bond donors (Lipinski definition) is 3. The molecule has 36 heavy (non-hydrogen) atoms. The Bertz CT molecular complexity index is 859. The van der Waals surface area contributed by atoms with Crippen molar-refractivity contribution < 1.29 is 42.2 Å². The number of aliphatic hydroxyl groups excluding tert-OH is 1. The third-order valence-corrected chi connectivity index (χ3v) is 7.30. The Morgan fingerprint density at radius 1 is 1.19 bits per heavy atom. The van der Waals surface area contributed by atoms with Gasteiger partial charge in [0.2, 0.25) is 11.8 Å². The summed E-state index contributed by atoms with van der Waals surface area (Å²) in [5.74, 6) is -3.33. The molecule has 0 radical (unpaired) electrons. The van der Waals surface area contributed by atoms with Crippen molar-refractivity contribution in [3.8, 4) is 0 Å². The van der Waals surface area contributed by atoms with Crippen molar-refractivity contribution in [3.05, 3.63) is 0 Å². The van der Waals surface area contributed by atoms with Crippen molar-refractivity contribution in [2.24, 2.45) is 23.2 Å². The molecule has 2 saturated heterocycles. The van der Waals surface area contributed by atoms with Crippen molar-refractivity contribution in [1.29, 1.82) is 0 Å². The van der Waals surface area contributed by atoms with Crippen molar-refractivity contribution in [3.63, 3.8) is 0 Å². The summed E-state index contributed by atoms with van der Waals surface area (Å²) in [4.78, 5) is 52.7. The van der Waals surface area contributed by atoms with Gasteiger partial charge < -0.3 is 20.6 Å². The van der Waals surface area contributed by atoms with E-state index in [1.807, 2.05) is 20.8 Å². The van der Waals surface area contributed by atoms with Crippen LogP contribution in [0.25, 0.3) is 0 Å². The van der Waals surface area contributed by atoms with E-state index in [1.165, 1.54) is 4.90 Å². The molecule has 0 aromatic carbocycles. The van der Waals surface area contributed by atoms with Crippen LogP contribution in [-0.4, -0.2) is 77.8 Å². The third kappa shape index (κ3) is 7.18. The topological polar surface area (TPSA) is 125 Å². The Hall–Kier alpha value is -2.21. The van der Waals surface area contributed by atoms with E-state index >= 15 is 0 Å². The molecule has 3 N–H and O–H groups in total. The average molecular weight is 520 g/mol. The summed E-state index contributed by atoms with van der Waals surface area (Å²) < 4.78 is 41.3. The van der Waals surface area contributed by atoms with E-state index in [0.29, 0.717) is 25.9 Å². The lowest BCUT2D eigenvalue weighted by molar-refractivity contribution is -0.321. The number of amides is 3. The normalized spacial score (nSPS) is 28.0. The number of rotatable bonds is 9. The Morgan fingerprint density at radius 2 is 1.89 bits per heavy atom. The van der Waals surface area contributed by atoms with Gasteiger partial charge in [0.1, 0.15) is 18.8 Å². The number of fused-ring (bicyclic) bond motifs is 1. The third-order valence-electron chi connectivity index (χ3n) is 7.30. The fraction of sp³-hybridized carbons (Fsp3) is 0.833. The van der Waals surface area contributed by atoms with Gasteiger partial charge in [-0.1, -0.05) is 27.2 Å². The molecule has 2 aliphatic heterocycles. The van der Waals surface area contributed by atoms with Crippen LogP contribution in [0.2, 0.25) is 0 Å². The van der Waals surface area contributed by atoms with E-state index in [0.717, 1.165) is 12.8 Å². The number of aliphatic hydroxyl groups is 1. The lowest BCUT2D eigenvalue weighted by Gasteiger charge is -2.32.